The summed E-state index contributed by atoms with van der Waals surface area (Å²) in [6.45, 7) is 6.72. The van der Waals surface area contributed by atoms with Gasteiger partial charge >= 0.3 is 11.6 Å². The van der Waals surface area contributed by atoms with E-state index in [1.165, 1.54) is 11.6 Å². The Labute approximate surface area is 316 Å². The number of hydrogen-bond acceptors (Lipinski definition) is 11. The van der Waals surface area contributed by atoms with Crippen molar-refractivity contribution in [2.75, 3.05) is 25.9 Å². The Morgan fingerprint density at radius 2 is 2.08 bits per heavy atom. The Hall–Kier alpha value is -4.05. The minimum atomic E-state index is -1.18. The number of nitrogens with one attached hydrogen (secondary N) is 2. The second kappa shape index (κ2) is 12.8. The molecule has 1 saturated carbocycles. The third-order valence-electron chi connectivity index (χ3n) is 12.9. The van der Waals surface area contributed by atoms with Gasteiger partial charge in [0.25, 0.3) is 0 Å². The zero-order chi connectivity index (χ0) is 36.8. The van der Waals surface area contributed by atoms with E-state index in [0.29, 0.717) is 66.7 Å². The predicted octanol–water partition coefficient (Wildman–Crippen LogP) is 4.75. The third kappa shape index (κ3) is 5.40. The molecule has 1 spiro atoms. The number of amides is 1. The highest BCUT2D eigenvalue weighted by molar-refractivity contribution is 8.77. The van der Waals surface area contributed by atoms with Gasteiger partial charge in [-0.15, -0.1) is 0 Å². The first-order valence-electron chi connectivity index (χ1n) is 18.5. The Morgan fingerprint density at radius 1 is 1.23 bits per heavy atom. The molecule has 3 bridgehead atoms. The molecule has 4 N–H and O–H groups in total. The molecule has 8 atom stereocenters. The summed E-state index contributed by atoms with van der Waals surface area (Å²) in [4.78, 5) is 42.8. The number of dihydropyridines is 1. The molecule has 7 aliphatic rings. The summed E-state index contributed by atoms with van der Waals surface area (Å²) < 4.78 is 19.7. The van der Waals surface area contributed by atoms with Gasteiger partial charge in [0.1, 0.15) is 11.3 Å². The fourth-order valence-electron chi connectivity index (χ4n) is 10.1. The molecule has 53 heavy (non-hydrogen) atoms. The van der Waals surface area contributed by atoms with Crippen molar-refractivity contribution in [1.82, 2.24) is 15.5 Å². The maximum Gasteiger partial charge on any atom is 0.336 e. The van der Waals surface area contributed by atoms with Gasteiger partial charge in [-0.3, -0.25) is 4.79 Å². The van der Waals surface area contributed by atoms with E-state index in [1.54, 1.807) is 25.1 Å². The first kappa shape index (κ1) is 34.7. The van der Waals surface area contributed by atoms with Crippen LogP contribution < -0.4 is 26.7 Å². The fourth-order valence-corrected chi connectivity index (χ4v) is 13.3. The maximum absolute atomic E-state index is 14.5. The highest BCUT2D eigenvalue weighted by Gasteiger charge is 2.65. The number of benzene rings is 1. The van der Waals surface area contributed by atoms with Crippen molar-refractivity contribution in [3.8, 4) is 17.6 Å². The number of hydrogen-bond donors (Lipinski definition) is 3. The van der Waals surface area contributed by atoms with Crippen LogP contribution in [0.15, 0.2) is 79.3 Å². The number of allylic oxidation sites excluding steroid dienone is 2. The van der Waals surface area contributed by atoms with E-state index in [2.05, 4.69) is 27.4 Å². The monoisotopic (exact) mass is 752 g/mol. The average Bonchev–Trinajstić information content (AvgIpc) is 3.47. The van der Waals surface area contributed by atoms with E-state index in [-0.39, 0.29) is 35.6 Å². The number of carbonyl (C=O) groups is 2. The van der Waals surface area contributed by atoms with Crippen molar-refractivity contribution in [3.05, 3.63) is 86.1 Å². The predicted molar refractivity (Wildman–Crippen MR) is 207 cm³/mol. The van der Waals surface area contributed by atoms with Gasteiger partial charge < -0.3 is 35.2 Å². The second-order valence-corrected chi connectivity index (χ2v) is 18.3. The number of nitrogens with two attached hydrogens (primary N) is 1. The first-order valence-corrected chi connectivity index (χ1v) is 20.9. The van der Waals surface area contributed by atoms with Crippen LogP contribution in [0.3, 0.4) is 0 Å². The van der Waals surface area contributed by atoms with Crippen LogP contribution in [0.1, 0.15) is 52.0 Å². The number of carbonyl (C=O) groups excluding carboxylic acids is 2. The van der Waals surface area contributed by atoms with Crippen LogP contribution in [-0.4, -0.2) is 71.2 Å². The number of ether oxygens (including phenoxy) is 2. The van der Waals surface area contributed by atoms with Crippen LogP contribution in [0.4, 0.5) is 0 Å². The number of nitrogens with zero attached hydrogens (tertiary/aromatic N) is 1. The number of esters is 1. The maximum atomic E-state index is 14.5. The lowest BCUT2D eigenvalue weighted by Gasteiger charge is -2.58. The van der Waals surface area contributed by atoms with Crippen LogP contribution in [0.25, 0.3) is 11.0 Å². The smallest absolute Gasteiger partial charge is 0.336 e. The van der Waals surface area contributed by atoms with Gasteiger partial charge in [-0.25, -0.2) is 9.59 Å². The Balaban J connectivity index is 1.30. The standard InChI is InChI=1S/C41H44N4O6S2/c1-5-21(2)39(48)51-40(3)16-24-8-6-7-23-12-32-38-28(37(23)43-4)19-45(38)34(46)13-26-18-44-33(42)14-27(26)36(29(24)20-52-53-32)41(40)17-25-11-22-9-10-35(47)49-30(22)15-31(25)50-41/h5,9-11,14-15,23,28,32,36-38,43-44H,8,12-13,16-20,42H2,1-4H3. The molecule has 9 rings (SSSR count). The Bertz CT molecular complexity index is 2210. The van der Waals surface area contributed by atoms with Crippen molar-refractivity contribution < 1.29 is 23.5 Å². The van der Waals surface area contributed by atoms with Crippen molar-refractivity contribution in [2.24, 2.45) is 23.5 Å². The van der Waals surface area contributed by atoms with E-state index in [0.717, 1.165) is 34.1 Å². The fraction of sp³-hybridized carbons (Fsp3) is 0.488. The van der Waals surface area contributed by atoms with Gasteiger partial charge in [-0.2, -0.15) is 0 Å². The van der Waals surface area contributed by atoms with Crippen LogP contribution in [-0.2, 0) is 20.7 Å². The molecule has 10 nitrogen and oxygen atoms in total. The highest BCUT2D eigenvalue weighted by atomic mass is 33.1. The largest absolute Gasteiger partial charge is 0.481 e. The van der Waals surface area contributed by atoms with Gasteiger partial charge in [0.2, 0.25) is 5.91 Å². The summed E-state index contributed by atoms with van der Waals surface area (Å²) in [5.41, 5.74) is 9.90. The molecular weight excluding hydrogens is 709 g/mol. The minimum absolute atomic E-state index is 0.116. The lowest BCUT2D eigenvalue weighted by molar-refractivity contribution is -0.187. The second-order valence-electron chi connectivity index (χ2n) is 15.7. The van der Waals surface area contributed by atoms with Crippen LogP contribution in [0, 0.1) is 29.6 Å². The van der Waals surface area contributed by atoms with E-state index in [4.69, 9.17) is 19.6 Å². The normalized spacial score (nSPS) is 34.5. The molecule has 0 radical (unpaired) electrons. The number of fused-ring (bicyclic) bond motifs is 7. The summed E-state index contributed by atoms with van der Waals surface area (Å²) >= 11 is 0. The van der Waals surface area contributed by atoms with Crippen molar-refractivity contribution in [1.29, 1.82) is 0 Å². The average molecular weight is 753 g/mol. The van der Waals surface area contributed by atoms with E-state index in [9.17, 15) is 14.4 Å². The summed E-state index contributed by atoms with van der Waals surface area (Å²) in [6, 6.07) is 7.34. The lowest BCUT2D eigenvalue weighted by Crippen LogP contribution is -2.71. The molecular formula is C41H44N4O6S2. The van der Waals surface area contributed by atoms with Crippen LogP contribution in [0.5, 0.6) is 5.75 Å². The molecule has 8 unspecified atom stereocenters. The summed E-state index contributed by atoms with van der Waals surface area (Å²) in [5.74, 6) is 8.91. The van der Waals surface area contributed by atoms with E-state index < -0.39 is 28.7 Å². The molecule has 1 aromatic carbocycles. The molecule has 1 aromatic heterocycles. The lowest BCUT2D eigenvalue weighted by atomic mass is 9.58. The number of rotatable bonds is 3. The molecule has 6 heterocycles. The van der Waals surface area contributed by atoms with E-state index in [1.807, 2.05) is 54.6 Å². The van der Waals surface area contributed by atoms with Gasteiger partial charge in [-0.1, -0.05) is 45.1 Å². The highest BCUT2D eigenvalue weighted by Crippen LogP contribution is 2.60. The molecule has 276 valence electrons. The molecule has 1 saturated heterocycles. The summed E-state index contributed by atoms with van der Waals surface area (Å²) in [7, 11) is 5.76. The minimum Gasteiger partial charge on any atom is -0.481 e. The van der Waals surface area contributed by atoms with Gasteiger partial charge in [0.15, 0.2) is 11.2 Å². The van der Waals surface area contributed by atoms with E-state index >= 15 is 0 Å². The van der Waals surface area contributed by atoms with Crippen molar-refractivity contribution >= 4 is 44.4 Å². The molecule has 1 amide bonds. The zero-order valence-corrected chi connectivity index (χ0v) is 32.0. The SMILES string of the molecule is CC=C(C)C(=O)OC1(C)CC2=C3CSSC4CC(C#CC2)C(NC)C2CN(C(=O)CC5=C(C=C(N)NC5)C3C13Cc1cc5ccc(=O)oc5cc1O3)C42. The van der Waals surface area contributed by atoms with Gasteiger partial charge in [0, 0.05) is 84.3 Å². The zero-order valence-electron chi connectivity index (χ0n) is 30.4. The van der Waals surface area contributed by atoms with Gasteiger partial charge in [0.05, 0.1) is 24.2 Å². The molecule has 12 heteroatoms. The summed E-state index contributed by atoms with van der Waals surface area (Å²) in [5, 5.41) is 7.95. The third-order valence-corrected chi connectivity index (χ3v) is 15.6. The molecule has 2 aromatic rings. The van der Waals surface area contributed by atoms with Crippen LogP contribution >= 0.6 is 21.6 Å². The summed E-state index contributed by atoms with van der Waals surface area (Å²) in [6.07, 6.45) is 6.26. The Kier molecular flexibility index (Phi) is 8.37. The Morgan fingerprint density at radius 3 is 2.89 bits per heavy atom. The quantitative estimate of drug-likeness (QED) is 0.100. The topological polar surface area (TPSA) is 136 Å². The van der Waals surface area contributed by atoms with Crippen molar-refractivity contribution in [3.63, 3.8) is 0 Å². The van der Waals surface area contributed by atoms with Crippen molar-refractivity contribution in [2.45, 2.75) is 81.4 Å². The molecule has 2 aliphatic carbocycles. The molecule has 5 aliphatic heterocycles. The van der Waals surface area contributed by atoms with Crippen LogP contribution in [0.2, 0.25) is 0 Å². The van der Waals surface area contributed by atoms with Gasteiger partial charge in [-0.05, 0) is 74.7 Å². The molecule has 2 fully saturated rings. The first-order chi connectivity index (χ1) is 25.5.